The van der Waals surface area contributed by atoms with Crippen LogP contribution in [0.25, 0.3) is 0 Å². The van der Waals surface area contributed by atoms with Crippen LogP contribution >= 0.6 is 23.2 Å². The molecule has 1 aliphatic heterocycles. The first-order valence-corrected chi connectivity index (χ1v) is 11.7. The number of aliphatic hydroxyl groups is 1. The summed E-state index contributed by atoms with van der Waals surface area (Å²) in [5.41, 5.74) is 0.949. The molecule has 6 nitrogen and oxygen atoms in total. The van der Waals surface area contributed by atoms with Crippen molar-refractivity contribution in [3.8, 4) is 0 Å². The van der Waals surface area contributed by atoms with Gasteiger partial charge < -0.3 is 9.84 Å². The molecule has 1 saturated heterocycles. The number of aliphatic hydroxyl groups excluding tert-OH is 1. The molecule has 1 heterocycles. The number of hydrogen-bond donors (Lipinski definition) is 1. The molecule has 0 spiro atoms. The summed E-state index contributed by atoms with van der Waals surface area (Å²) in [6, 6.07) is 12.6. The topological polar surface area (TPSA) is 83.9 Å². The molecule has 1 fully saturated rings. The van der Waals surface area contributed by atoms with E-state index in [2.05, 4.69) is 0 Å². The molecule has 9 heteroatoms. The van der Waals surface area contributed by atoms with Gasteiger partial charge in [0.15, 0.2) is 9.84 Å². The van der Waals surface area contributed by atoms with Gasteiger partial charge in [-0.1, -0.05) is 35.3 Å². The average molecular weight is 458 g/mol. The van der Waals surface area contributed by atoms with Gasteiger partial charge in [-0.25, -0.2) is 13.2 Å². The Hall–Kier alpha value is -1.64. The van der Waals surface area contributed by atoms with Crippen molar-refractivity contribution in [2.45, 2.75) is 18.7 Å². The molecule has 0 amide bonds. The molecule has 2 aromatic carbocycles. The quantitative estimate of drug-likeness (QED) is 0.506. The summed E-state index contributed by atoms with van der Waals surface area (Å²) in [5.74, 6) is -0.476. The van der Waals surface area contributed by atoms with E-state index in [9.17, 15) is 18.3 Å². The molecule has 2 unspecified atom stereocenters. The SMILES string of the molecule is O=C(OCCN(C1CCS(=O)(=O)C1)C(O)c1ccc(Cl)cc1)c1ccc(Cl)cc1. The van der Waals surface area contributed by atoms with E-state index in [1.165, 1.54) is 0 Å². The first kappa shape index (κ1) is 22.1. The Morgan fingerprint density at radius 2 is 1.69 bits per heavy atom. The average Bonchev–Trinajstić information content (AvgIpc) is 3.05. The minimum atomic E-state index is -3.15. The van der Waals surface area contributed by atoms with Gasteiger partial charge >= 0.3 is 5.97 Å². The number of rotatable bonds is 7. The van der Waals surface area contributed by atoms with E-state index in [1.807, 2.05) is 0 Å². The van der Waals surface area contributed by atoms with Gasteiger partial charge in [0.25, 0.3) is 0 Å². The summed E-state index contributed by atoms with van der Waals surface area (Å²) in [7, 11) is -3.15. The highest BCUT2D eigenvalue weighted by molar-refractivity contribution is 7.91. The predicted molar refractivity (Wildman–Crippen MR) is 112 cm³/mol. The minimum Gasteiger partial charge on any atom is -0.461 e. The number of carbonyl (C=O) groups excluding carboxylic acids is 1. The highest BCUT2D eigenvalue weighted by atomic mass is 35.5. The third-order valence-corrected chi connectivity index (χ3v) is 7.08. The molecule has 29 heavy (non-hydrogen) atoms. The number of halogens is 2. The van der Waals surface area contributed by atoms with Crippen LogP contribution < -0.4 is 0 Å². The van der Waals surface area contributed by atoms with Crippen molar-refractivity contribution in [3.05, 3.63) is 69.7 Å². The van der Waals surface area contributed by atoms with Crippen molar-refractivity contribution < 1.29 is 23.1 Å². The highest BCUT2D eigenvalue weighted by Gasteiger charge is 2.35. The van der Waals surface area contributed by atoms with Gasteiger partial charge in [0.05, 0.1) is 17.1 Å². The molecular formula is C20H21Cl2NO5S. The zero-order valence-corrected chi connectivity index (χ0v) is 17.8. The van der Waals surface area contributed by atoms with E-state index in [0.29, 0.717) is 27.6 Å². The van der Waals surface area contributed by atoms with Crippen molar-refractivity contribution in [1.29, 1.82) is 0 Å². The Balaban J connectivity index is 1.68. The van der Waals surface area contributed by atoms with Crippen LogP contribution in [0.4, 0.5) is 0 Å². The first-order valence-electron chi connectivity index (χ1n) is 9.07. The zero-order valence-electron chi connectivity index (χ0n) is 15.5. The van der Waals surface area contributed by atoms with Crippen molar-refractivity contribution in [1.82, 2.24) is 4.90 Å². The van der Waals surface area contributed by atoms with Crippen LogP contribution in [0.5, 0.6) is 0 Å². The number of benzene rings is 2. The largest absolute Gasteiger partial charge is 0.461 e. The summed E-state index contributed by atoms with van der Waals surface area (Å²) in [5, 5.41) is 11.9. The van der Waals surface area contributed by atoms with Gasteiger partial charge in [0.1, 0.15) is 12.8 Å². The number of nitrogens with zero attached hydrogens (tertiary/aromatic N) is 1. The Morgan fingerprint density at radius 3 is 2.24 bits per heavy atom. The smallest absolute Gasteiger partial charge is 0.338 e. The Bertz CT molecular complexity index is 948. The molecule has 1 N–H and O–H groups in total. The highest BCUT2D eigenvalue weighted by Crippen LogP contribution is 2.27. The van der Waals surface area contributed by atoms with Crippen LogP contribution in [0.3, 0.4) is 0 Å². The first-order chi connectivity index (χ1) is 13.7. The van der Waals surface area contributed by atoms with E-state index in [1.54, 1.807) is 53.4 Å². The maximum absolute atomic E-state index is 12.2. The maximum atomic E-state index is 12.2. The molecule has 1 aliphatic rings. The summed E-state index contributed by atoms with van der Waals surface area (Å²) in [6.45, 7) is 0.186. The summed E-state index contributed by atoms with van der Waals surface area (Å²) in [4.78, 5) is 13.8. The van der Waals surface area contributed by atoms with Gasteiger partial charge in [-0.2, -0.15) is 0 Å². The third kappa shape index (κ3) is 5.93. The second kappa shape index (κ2) is 9.45. The van der Waals surface area contributed by atoms with Gasteiger partial charge in [-0.3, -0.25) is 4.90 Å². The van der Waals surface area contributed by atoms with E-state index in [4.69, 9.17) is 27.9 Å². The second-order valence-electron chi connectivity index (χ2n) is 6.86. The second-order valence-corrected chi connectivity index (χ2v) is 9.96. The minimum absolute atomic E-state index is 0.00264. The lowest BCUT2D eigenvalue weighted by Gasteiger charge is -2.32. The van der Waals surface area contributed by atoms with Crippen molar-refractivity contribution in [3.63, 3.8) is 0 Å². The van der Waals surface area contributed by atoms with E-state index >= 15 is 0 Å². The molecule has 3 rings (SSSR count). The predicted octanol–water partition coefficient (Wildman–Crippen LogP) is 3.33. The number of hydrogen-bond acceptors (Lipinski definition) is 6. The van der Waals surface area contributed by atoms with Crippen molar-refractivity contribution in [2.75, 3.05) is 24.7 Å². The van der Waals surface area contributed by atoms with Crippen LogP contribution in [0, 0.1) is 0 Å². The molecular weight excluding hydrogens is 437 g/mol. The molecule has 0 aliphatic carbocycles. The molecule has 2 aromatic rings. The number of sulfone groups is 1. The van der Waals surface area contributed by atoms with E-state index in [0.717, 1.165) is 0 Å². The summed E-state index contributed by atoms with van der Waals surface area (Å²) in [6.07, 6.45) is -0.627. The number of carbonyl (C=O) groups is 1. The number of ether oxygens (including phenoxy) is 1. The standard InChI is InChI=1S/C20H21Cl2NO5S/c21-16-5-1-14(2-6-16)19(24)23(18-9-12-29(26,27)13-18)10-11-28-20(25)15-3-7-17(22)8-4-15/h1-8,18-19,24H,9-13H2. The van der Waals surface area contributed by atoms with E-state index in [-0.39, 0.29) is 30.7 Å². The molecule has 0 saturated carbocycles. The van der Waals surface area contributed by atoms with E-state index < -0.39 is 22.0 Å². The Labute approximate surface area is 179 Å². The van der Waals surface area contributed by atoms with Gasteiger partial charge in [0.2, 0.25) is 0 Å². The monoisotopic (exact) mass is 457 g/mol. The Morgan fingerprint density at radius 1 is 1.10 bits per heavy atom. The fraction of sp³-hybridized carbons (Fsp3) is 0.350. The maximum Gasteiger partial charge on any atom is 0.338 e. The zero-order chi connectivity index (χ0) is 21.0. The van der Waals surface area contributed by atoms with Crippen molar-refractivity contribution in [2.24, 2.45) is 0 Å². The van der Waals surface area contributed by atoms with Crippen LogP contribution in [-0.4, -0.2) is 55.1 Å². The molecule has 0 aromatic heterocycles. The lowest BCUT2D eigenvalue weighted by atomic mass is 10.1. The molecule has 0 bridgehead atoms. The summed E-state index contributed by atoms with van der Waals surface area (Å²) < 4.78 is 29.2. The molecule has 156 valence electrons. The van der Waals surface area contributed by atoms with Gasteiger partial charge in [-0.15, -0.1) is 0 Å². The van der Waals surface area contributed by atoms with Crippen molar-refractivity contribution >= 4 is 39.0 Å². The number of esters is 1. The third-order valence-electron chi connectivity index (χ3n) is 4.82. The Kier molecular flexibility index (Phi) is 7.19. The fourth-order valence-corrected chi connectivity index (χ4v) is 5.28. The van der Waals surface area contributed by atoms with Gasteiger partial charge in [0, 0.05) is 22.6 Å². The van der Waals surface area contributed by atoms with Crippen LogP contribution in [0.15, 0.2) is 48.5 Å². The normalized spacial score (nSPS) is 19.2. The molecule has 0 radical (unpaired) electrons. The fourth-order valence-electron chi connectivity index (χ4n) is 3.28. The lowest BCUT2D eigenvalue weighted by Crippen LogP contribution is -2.41. The summed E-state index contributed by atoms with van der Waals surface area (Å²) >= 11 is 11.7. The van der Waals surface area contributed by atoms with Crippen LogP contribution in [-0.2, 0) is 14.6 Å². The molecule has 2 atom stereocenters. The van der Waals surface area contributed by atoms with Gasteiger partial charge in [-0.05, 0) is 48.4 Å². The van der Waals surface area contributed by atoms with Crippen LogP contribution in [0.1, 0.15) is 28.6 Å². The lowest BCUT2D eigenvalue weighted by molar-refractivity contribution is -0.0338. The van der Waals surface area contributed by atoms with Crippen LogP contribution in [0.2, 0.25) is 10.0 Å².